The molecule has 1 aromatic carbocycles. The SMILES string of the molecule is CCCCNC(=O)CN[C@H](C)c1cccc(Br)c1. The summed E-state index contributed by atoms with van der Waals surface area (Å²) in [4.78, 5) is 11.5. The van der Waals surface area contributed by atoms with Gasteiger partial charge in [-0.2, -0.15) is 0 Å². The Labute approximate surface area is 117 Å². The molecule has 0 aliphatic rings. The van der Waals surface area contributed by atoms with Gasteiger partial charge in [0, 0.05) is 17.1 Å². The van der Waals surface area contributed by atoms with E-state index >= 15 is 0 Å². The van der Waals surface area contributed by atoms with Crippen molar-refractivity contribution in [3.05, 3.63) is 34.3 Å². The van der Waals surface area contributed by atoms with E-state index in [1.54, 1.807) is 0 Å². The molecule has 0 aromatic heterocycles. The predicted molar refractivity (Wildman–Crippen MR) is 78.5 cm³/mol. The van der Waals surface area contributed by atoms with E-state index in [1.807, 2.05) is 12.1 Å². The third-order valence-corrected chi connectivity index (χ3v) is 3.26. The molecule has 1 amide bonds. The van der Waals surface area contributed by atoms with Crippen molar-refractivity contribution in [2.24, 2.45) is 0 Å². The van der Waals surface area contributed by atoms with Crippen molar-refractivity contribution in [3.63, 3.8) is 0 Å². The van der Waals surface area contributed by atoms with Crippen LogP contribution in [0.4, 0.5) is 0 Å². The fourth-order valence-corrected chi connectivity index (χ4v) is 2.02. The normalized spacial score (nSPS) is 12.2. The highest BCUT2D eigenvalue weighted by Crippen LogP contribution is 2.17. The van der Waals surface area contributed by atoms with Crippen molar-refractivity contribution in [2.45, 2.75) is 32.7 Å². The lowest BCUT2D eigenvalue weighted by Gasteiger charge is -2.14. The van der Waals surface area contributed by atoms with Crippen molar-refractivity contribution in [3.8, 4) is 0 Å². The lowest BCUT2D eigenvalue weighted by Crippen LogP contribution is -2.35. The Morgan fingerprint density at radius 3 is 2.89 bits per heavy atom. The van der Waals surface area contributed by atoms with Crippen molar-refractivity contribution >= 4 is 21.8 Å². The average molecular weight is 313 g/mol. The molecule has 0 spiro atoms. The summed E-state index contributed by atoms with van der Waals surface area (Å²) < 4.78 is 1.06. The Morgan fingerprint density at radius 1 is 1.44 bits per heavy atom. The maximum absolute atomic E-state index is 11.5. The smallest absolute Gasteiger partial charge is 0.233 e. The molecule has 0 unspecified atom stereocenters. The summed E-state index contributed by atoms with van der Waals surface area (Å²) in [5, 5.41) is 6.11. The second-order valence-corrected chi connectivity index (χ2v) is 5.28. The number of hydrogen-bond donors (Lipinski definition) is 2. The van der Waals surface area contributed by atoms with Crippen molar-refractivity contribution in [2.75, 3.05) is 13.1 Å². The number of amides is 1. The molecule has 0 bridgehead atoms. The van der Waals surface area contributed by atoms with E-state index in [9.17, 15) is 4.79 Å². The summed E-state index contributed by atoms with van der Waals surface area (Å²) in [5.41, 5.74) is 1.17. The number of nitrogens with one attached hydrogen (secondary N) is 2. The fourth-order valence-electron chi connectivity index (χ4n) is 1.61. The van der Waals surface area contributed by atoms with Gasteiger partial charge in [0.15, 0.2) is 0 Å². The second kappa shape index (κ2) is 8.27. The standard InChI is InChI=1S/C14H21BrN2O/c1-3-4-8-16-14(18)10-17-11(2)12-6-5-7-13(15)9-12/h5-7,9,11,17H,3-4,8,10H2,1-2H3,(H,16,18)/t11-/m1/s1. The Morgan fingerprint density at radius 2 is 2.22 bits per heavy atom. The topological polar surface area (TPSA) is 41.1 Å². The molecule has 0 heterocycles. The molecule has 0 saturated heterocycles. The molecule has 0 aliphatic heterocycles. The Balaban J connectivity index is 2.32. The van der Waals surface area contributed by atoms with Gasteiger partial charge in [0.25, 0.3) is 0 Å². The molecule has 2 N–H and O–H groups in total. The van der Waals surface area contributed by atoms with Gasteiger partial charge in [-0.05, 0) is 31.0 Å². The number of hydrogen-bond acceptors (Lipinski definition) is 2. The monoisotopic (exact) mass is 312 g/mol. The van der Waals surface area contributed by atoms with Crippen molar-refractivity contribution < 1.29 is 4.79 Å². The molecule has 0 fully saturated rings. The molecule has 0 saturated carbocycles. The van der Waals surface area contributed by atoms with Crippen LogP contribution in [0.1, 0.15) is 38.3 Å². The van der Waals surface area contributed by atoms with Crippen molar-refractivity contribution in [1.29, 1.82) is 0 Å². The Bertz CT molecular complexity index is 382. The zero-order valence-corrected chi connectivity index (χ0v) is 12.6. The summed E-state index contributed by atoms with van der Waals surface area (Å²) in [6.07, 6.45) is 2.13. The van der Waals surface area contributed by atoms with Crippen LogP contribution in [0, 0.1) is 0 Å². The molecule has 0 radical (unpaired) electrons. The molecule has 100 valence electrons. The second-order valence-electron chi connectivity index (χ2n) is 4.36. The highest BCUT2D eigenvalue weighted by atomic mass is 79.9. The molecule has 0 aliphatic carbocycles. The van der Waals surface area contributed by atoms with E-state index in [2.05, 4.69) is 52.5 Å². The van der Waals surface area contributed by atoms with E-state index in [0.29, 0.717) is 6.54 Å². The summed E-state index contributed by atoms with van der Waals surface area (Å²) in [6.45, 7) is 5.29. The molecule has 4 heteroatoms. The minimum Gasteiger partial charge on any atom is -0.355 e. The van der Waals surface area contributed by atoms with E-state index in [4.69, 9.17) is 0 Å². The highest BCUT2D eigenvalue weighted by Gasteiger charge is 2.07. The number of carbonyl (C=O) groups excluding carboxylic acids is 1. The van der Waals surface area contributed by atoms with Crippen LogP contribution in [0.2, 0.25) is 0 Å². The van der Waals surface area contributed by atoms with Crippen LogP contribution in [-0.4, -0.2) is 19.0 Å². The summed E-state index contributed by atoms with van der Waals surface area (Å²) in [6, 6.07) is 8.27. The maximum atomic E-state index is 11.5. The number of carbonyl (C=O) groups is 1. The van der Waals surface area contributed by atoms with Gasteiger partial charge < -0.3 is 10.6 Å². The third-order valence-electron chi connectivity index (χ3n) is 2.77. The first-order valence-electron chi connectivity index (χ1n) is 6.39. The largest absolute Gasteiger partial charge is 0.355 e. The van der Waals surface area contributed by atoms with E-state index < -0.39 is 0 Å². The van der Waals surface area contributed by atoms with Gasteiger partial charge in [0.05, 0.1) is 6.54 Å². The van der Waals surface area contributed by atoms with E-state index in [0.717, 1.165) is 23.9 Å². The van der Waals surface area contributed by atoms with Gasteiger partial charge in [-0.15, -0.1) is 0 Å². The fraction of sp³-hybridized carbons (Fsp3) is 0.500. The molecule has 1 atom stereocenters. The lowest BCUT2D eigenvalue weighted by molar-refractivity contribution is -0.120. The molecular formula is C14H21BrN2O. The van der Waals surface area contributed by atoms with Gasteiger partial charge in [0.2, 0.25) is 5.91 Å². The summed E-state index contributed by atoms with van der Waals surface area (Å²) >= 11 is 3.45. The van der Waals surface area contributed by atoms with E-state index in [-0.39, 0.29) is 11.9 Å². The van der Waals surface area contributed by atoms with Crippen LogP contribution >= 0.6 is 15.9 Å². The third kappa shape index (κ3) is 5.65. The predicted octanol–water partition coefficient (Wildman–Crippen LogP) is 3.02. The quantitative estimate of drug-likeness (QED) is 0.760. The zero-order chi connectivity index (χ0) is 13.4. The van der Waals surface area contributed by atoms with Crippen LogP contribution in [0.15, 0.2) is 28.7 Å². The molecular weight excluding hydrogens is 292 g/mol. The first-order chi connectivity index (χ1) is 8.63. The first kappa shape index (κ1) is 15.2. The van der Waals surface area contributed by atoms with E-state index in [1.165, 1.54) is 5.56 Å². The molecule has 1 aromatic rings. The van der Waals surface area contributed by atoms with Crippen LogP contribution in [0.3, 0.4) is 0 Å². The highest BCUT2D eigenvalue weighted by molar-refractivity contribution is 9.10. The summed E-state index contributed by atoms with van der Waals surface area (Å²) in [5.74, 6) is 0.0605. The minimum absolute atomic E-state index is 0.0605. The molecule has 3 nitrogen and oxygen atoms in total. The number of unbranched alkanes of at least 4 members (excludes halogenated alkanes) is 1. The lowest BCUT2D eigenvalue weighted by atomic mass is 10.1. The summed E-state index contributed by atoms with van der Waals surface area (Å²) in [7, 11) is 0. The minimum atomic E-state index is 0.0605. The Hall–Kier alpha value is -0.870. The van der Waals surface area contributed by atoms with Crippen LogP contribution in [-0.2, 0) is 4.79 Å². The van der Waals surface area contributed by atoms with Crippen LogP contribution < -0.4 is 10.6 Å². The zero-order valence-electron chi connectivity index (χ0n) is 11.0. The molecule has 18 heavy (non-hydrogen) atoms. The van der Waals surface area contributed by atoms with Gasteiger partial charge in [-0.1, -0.05) is 41.4 Å². The van der Waals surface area contributed by atoms with Gasteiger partial charge in [-0.25, -0.2) is 0 Å². The number of halogens is 1. The van der Waals surface area contributed by atoms with Gasteiger partial charge >= 0.3 is 0 Å². The van der Waals surface area contributed by atoms with Crippen LogP contribution in [0.25, 0.3) is 0 Å². The van der Waals surface area contributed by atoms with Gasteiger partial charge in [-0.3, -0.25) is 4.79 Å². The maximum Gasteiger partial charge on any atom is 0.233 e. The van der Waals surface area contributed by atoms with Crippen LogP contribution in [0.5, 0.6) is 0 Å². The van der Waals surface area contributed by atoms with Crippen molar-refractivity contribution in [1.82, 2.24) is 10.6 Å². The number of rotatable bonds is 7. The molecule has 1 rings (SSSR count). The number of benzene rings is 1. The first-order valence-corrected chi connectivity index (χ1v) is 7.18. The Kier molecular flexibility index (Phi) is 6.98. The average Bonchev–Trinajstić information content (AvgIpc) is 2.36. The van der Waals surface area contributed by atoms with Gasteiger partial charge in [0.1, 0.15) is 0 Å².